The first-order valence-electron chi connectivity index (χ1n) is 3.07. The minimum atomic E-state index is 0.500. The van der Waals surface area contributed by atoms with Crippen LogP contribution in [0, 0.1) is 0 Å². The fourth-order valence-corrected chi connectivity index (χ4v) is 0.508. The van der Waals surface area contributed by atoms with Crippen molar-refractivity contribution in [1.82, 2.24) is 5.31 Å². The number of aldehydes is 1. The van der Waals surface area contributed by atoms with E-state index in [0.717, 1.165) is 5.31 Å². The predicted octanol–water partition coefficient (Wildman–Crippen LogP) is 0.742. The second kappa shape index (κ2) is 2.87. The zero-order valence-electron chi connectivity index (χ0n) is 5.82. The normalized spacial score (nSPS) is 18.4. The maximum absolute atomic E-state index is 10.2. The summed E-state index contributed by atoms with van der Waals surface area (Å²) in [6.07, 6.45) is 8.76. The van der Waals surface area contributed by atoms with E-state index in [1.807, 2.05) is 0 Å². The lowest BCUT2D eigenvalue weighted by Crippen LogP contribution is -1.92. The molecule has 1 heterocycles. The molecule has 0 bridgehead atoms. The maximum Gasteiger partial charge on any atom is 0.165 e. The van der Waals surface area contributed by atoms with E-state index in [1.54, 1.807) is 24.4 Å². The van der Waals surface area contributed by atoms with E-state index in [2.05, 4.69) is 0 Å². The summed E-state index contributed by atoms with van der Waals surface area (Å²) < 4.78 is 7.12. The lowest BCUT2D eigenvalue weighted by molar-refractivity contribution is -0.104. The molecule has 46 valence electrons. The van der Waals surface area contributed by atoms with Gasteiger partial charge in [-0.15, -0.1) is 0 Å². The smallest absolute Gasteiger partial charge is 0.165 e. The van der Waals surface area contributed by atoms with Crippen molar-refractivity contribution in [3.05, 3.63) is 36.2 Å². The highest BCUT2D eigenvalue weighted by Gasteiger charge is 1.86. The Morgan fingerprint density at radius 1 is 1.67 bits per heavy atom. The van der Waals surface area contributed by atoms with Crippen LogP contribution in [0.4, 0.5) is 0 Å². The van der Waals surface area contributed by atoms with Gasteiger partial charge in [-0.1, -0.05) is 12.2 Å². The third-order valence-electron chi connectivity index (χ3n) is 0.932. The van der Waals surface area contributed by atoms with Crippen LogP contribution in [0.1, 0.15) is 0 Å². The monoisotopic (exact) mass is 122 g/mol. The van der Waals surface area contributed by atoms with Crippen molar-refractivity contribution in [3.63, 3.8) is 0 Å². The van der Waals surface area contributed by atoms with Crippen LogP contribution in [0.25, 0.3) is 0 Å². The SMILES string of the molecule is [2H]N1C=CC=CC(C=O)=C1. The zero-order valence-corrected chi connectivity index (χ0v) is 4.82. The predicted molar refractivity (Wildman–Crippen MR) is 35.6 cm³/mol. The third kappa shape index (κ3) is 1.57. The highest BCUT2D eigenvalue weighted by atomic mass is 16.1. The zero-order chi connectivity index (χ0) is 7.40. The minimum absolute atomic E-state index is 0.500. The lowest BCUT2D eigenvalue weighted by atomic mass is 10.3. The Morgan fingerprint density at radius 3 is 3.33 bits per heavy atom. The molecule has 0 spiro atoms. The van der Waals surface area contributed by atoms with Crippen molar-refractivity contribution >= 4 is 6.29 Å². The van der Waals surface area contributed by atoms with Crippen LogP contribution >= 0.6 is 0 Å². The molecule has 0 radical (unpaired) electrons. The van der Waals surface area contributed by atoms with E-state index in [0.29, 0.717) is 11.9 Å². The molecule has 0 aromatic rings. The van der Waals surface area contributed by atoms with Crippen LogP contribution in [0.3, 0.4) is 0 Å². The molecule has 1 aliphatic rings. The fourth-order valence-electron chi connectivity index (χ4n) is 0.508. The number of hydrogen-bond acceptors (Lipinski definition) is 2. The molecule has 0 fully saturated rings. The molecule has 0 atom stereocenters. The Morgan fingerprint density at radius 2 is 2.56 bits per heavy atom. The van der Waals surface area contributed by atoms with Crippen molar-refractivity contribution < 1.29 is 6.21 Å². The Balaban J connectivity index is 2.83. The second-order valence-corrected chi connectivity index (χ2v) is 1.60. The van der Waals surface area contributed by atoms with Crippen LogP contribution in [0.15, 0.2) is 36.2 Å². The molecule has 2 heteroatoms. The molecule has 0 aromatic carbocycles. The van der Waals surface area contributed by atoms with Crippen LogP contribution < -0.4 is 5.31 Å². The summed E-state index contributed by atoms with van der Waals surface area (Å²) in [5, 5.41) is 1.09. The van der Waals surface area contributed by atoms with E-state index in [-0.39, 0.29) is 0 Å². The fraction of sp³-hybridized carbons (Fsp3) is 0. The van der Waals surface area contributed by atoms with Crippen molar-refractivity contribution in [2.24, 2.45) is 0 Å². The Labute approximate surface area is 55.0 Å². The standard InChI is InChI=1S/C7H7NO/c9-6-7-3-1-2-4-8-5-7/h1-6,8H/i/hD. The molecular formula is C7H7NO. The summed E-state index contributed by atoms with van der Waals surface area (Å²) in [6.45, 7) is 0. The van der Waals surface area contributed by atoms with Gasteiger partial charge in [-0.2, -0.15) is 0 Å². The number of carbonyl (C=O) groups excluding carboxylic acids is 1. The van der Waals surface area contributed by atoms with Crippen LogP contribution in [-0.4, -0.2) is 6.29 Å². The van der Waals surface area contributed by atoms with Gasteiger partial charge in [0.1, 0.15) is 0 Å². The maximum atomic E-state index is 10.2. The molecule has 0 saturated heterocycles. The first-order valence-corrected chi connectivity index (χ1v) is 2.62. The molecule has 1 N–H and O–H groups in total. The van der Waals surface area contributed by atoms with Crippen LogP contribution in [-0.2, 0) is 4.79 Å². The first-order chi connectivity index (χ1) is 4.83. The summed E-state index contributed by atoms with van der Waals surface area (Å²) in [5.74, 6) is 0. The van der Waals surface area contributed by atoms with Crippen LogP contribution in [0.5, 0.6) is 0 Å². The van der Waals surface area contributed by atoms with E-state index >= 15 is 0 Å². The van der Waals surface area contributed by atoms with E-state index in [1.165, 1.54) is 6.20 Å². The molecule has 9 heavy (non-hydrogen) atoms. The third-order valence-corrected chi connectivity index (χ3v) is 0.932. The van der Waals surface area contributed by atoms with Gasteiger partial charge in [-0.05, 0) is 6.08 Å². The van der Waals surface area contributed by atoms with E-state index in [4.69, 9.17) is 1.41 Å². The Hall–Kier alpha value is -1.31. The lowest BCUT2D eigenvalue weighted by Gasteiger charge is -1.85. The topological polar surface area (TPSA) is 29.1 Å². The summed E-state index contributed by atoms with van der Waals surface area (Å²) in [7, 11) is 0. The van der Waals surface area contributed by atoms with Crippen molar-refractivity contribution in [1.29, 1.82) is 0 Å². The van der Waals surface area contributed by atoms with E-state index in [9.17, 15) is 4.79 Å². The Bertz CT molecular complexity index is 218. The van der Waals surface area contributed by atoms with Gasteiger partial charge in [0.05, 0.1) is 0 Å². The van der Waals surface area contributed by atoms with Gasteiger partial charge in [0.25, 0.3) is 0 Å². The molecule has 0 unspecified atom stereocenters. The summed E-state index contributed by atoms with van der Waals surface area (Å²) in [5.41, 5.74) is 0.500. The average Bonchev–Trinajstić information content (AvgIpc) is 2.13. The van der Waals surface area contributed by atoms with Gasteiger partial charge >= 0.3 is 0 Å². The average molecular weight is 122 g/mol. The molecule has 0 amide bonds. The van der Waals surface area contributed by atoms with Crippen molar-refractivity contribution in [2.45, 2.75) is 0 Å². The number of rotatable bonds is 1. The molecule has 1 aliphatic heterocycles. The number of carbonyl (C=O) groups is 1. The molecule has 0 aliphatic carbocycles. The molecule has 0 saturated carbocycles. The molecular weight excluding hydrogens is 114 g/mol. The highest BCUT2D eigenvalue weighted by molar-refractivity contribution is 5.77. The van der Waals surface area contributed by atoms with Gasteiger partial charge in [0, 0.05) is 18.0 Å². The molecule has 0 aromatic heterocycles. The largest absolute Gasteiger partial charge is 0.367 e. The summed E-state index contributed by atoms with van der Waals surface area (Å²) in [4.78, 5) is 10.2. The second-order valence-electron chi connectivity index (χ2n) is 1.60. The van der Waals surface area contributed by atoms with Gasteiger partial charge in [0.15, 0.2) is 7.70 Å². The van der Waals surface area contributed by atoms with E-state index < -0.39 is 0 Å². The molecule has 1 rings (SSSR count). The van der Waals surface area contributed by atoms with Gasteiger partial charge < -0.3 is 5.31 Å². The van der Waals surface area contributed by atoms with Gasteiger partial charge in [0.2, 0.25) is 0 Å². The summed E-state index contributed by atoms with van der Waals surface area (Å²) >= 11 is 0. The Kier molecular flexibility index (Phi) is 1.45. The quantitative estimate of drug-likeness (QED) is 0.520. The van der Waals surface area contributed by atoms with Gasteiger partial charge in [-0.3, -0.25) is 4.79 Å². The van der Waals surface area contributed by atoms with Crippen molar-refractivity contribution in [2.75, 3.05) is 0 Å². The van der Waals surface area contributed by atoms with Gasteiger partial charge in [-0.25, -0.2) is 0 Å². The summed E-state index contributed by atoms with van der Waals surface area (Å²) in [6, 6.07) is 0. The number of allylic oxidation sites excluding steroid dienone is 4. The van der Waals surface area contributed by atoms with Crippen molar-refractivity contribution in [3.8, 4) is 0 Å². The first kappa shape index (κ1) is 4.56. The number of nitrogens with one attached hydrogen (secondary N) is 1. The number of hydrogen-bond donors (Lipinski definition) is 1. The van der Waals surface area contributed by atoms with Crippen LogP contribution in [0.2, 0.25) is 1.41 Å². The molecule has 2 nitrogen and oxygen atoms in total. The highest BCUT2D eigenvalue weighted by Crippen LogP contribution is 1.93. The minimum Gasteiger partial charge on any atom is -0.367 e.